The molecule has 3 nitrogen and oxygen atoms in total. The van der Waals surface area contributed by atoms with E-state index in [1.807, 2.05) is 10.9 Å². The van der Waals surface area contributed by atoms with Gasteiger partial charge in [0.05, 0.1) is 0 Å². The second-order valence-electron chi connectivity index (χ2n) is 2.04. The molecule has 0 bridgehead atoms. The summed E-state index contributed by atoms with van der Waals surface area (Å²) in [5.74, 6) is 1.07. The molecular weight excluding hydrogens is 114 g/mol. The number of fused-ring (bicyclic) bond motifs is 1. The predicted molar refractivity (Wildman–Crippen MR) is 33.7 cm³/mol. The van der Waals surface area contributed by atoms with Crippen LogP contribution in [-0.2, 0) is 6.42 Å². The Bertz CT molecular complexity index is 236. The summed E-state index contributed by atoms with van der Waals surface area (Å²) in [5.41, 5.74) is 0. The number of nitrogens with zero attached hydrogens (tertiary/aromatic N) is 3. The number of rotatable bonds is 0. The van der Waals surface area contributed by atoms with Crippen LogP contribution < -0.4 is 0 Å². The summed E-state index contributed by atoms with van der Waals surface area (Å²) < 4.78 is 1.81. The zero-order chi connectivity index (χ0) is 6.10. The average Bonchev–Trinajstić information content (AvgIpc) is 2.33. The molecule has 1 aliphatic rings. The van der Waals surface area contributed by atoms with Crippen molar-refractivity contribution >= 4 is 6.20 Å². The quantitative estimate of drug-likeness (QED) is 0.505. The van der Waals surface area contributed by atoms with E-state index in [1.54, 1.807) is 6.33 Å². The standard InChI is InChI=1S/C6H7N3/c1-2-4-9-6(3-1)7-5-8-9/h2,4-5H,1,3H2. The molecule has 1 aromatic heterocycles. The smallest absolute Gasteiger partial charge is 0.138 e. The Morgan fingerprint density at radius 1 is 1.56 bits per heavy atom. The van der Waals surface area contributed by atoms with Crippen LogP contribution in [0.3, 0.4) is 0 Å². The first-order chi connectivity index (χ1) is 4.47. The lowest BCUT2D eigenvalue weighted by Crippen LogP contribution is -2.01. The number of allylic oxidation sites excluding steroid dienone is 1. The first-order valence-electron chi connectivity index (χ1n) is 3.02. The molecule has 0 radical (unpaired) electrons. The highest BCUT2D eigenvalue weighted by Gasteiger charge is 2.02. The molecule has 1 aliphatic heterocycles. The third kappa shape index (κ3) is 0.650. The molecule has 0 spiro atoms. The highest BCUT2D eigenvalue weighted by molar-refractivity contribution is 5.24. The van der Waals surface area contributed by atoms with Gasteiger partial charge in [0.25, 0.3) is 0 Å². The van der Waals surface area contributed by atoms with Crippen molar-refractivity contribution in [1.82, 2.24) is 14.8 Å². The zero-order valence-electron chi connectivity index (χ0n) is 4.99. The minimum atomic E-state index is 1.02. The van der Waals surface area contributed by atoms with E-state index in [-0.39, 0.29) is 0 Å². The van der Waals surface area contributed by atoms with Gasteiger partial charge in [0.1, 0.15) is 12.2 Å². The molecule has 0 saturated carbocycles. The normalized spacial score (nSPS) is 15.6. The second kappa shape index (κ2) is 1.69. The molecule has 1 aromatic rings. The Labute approximate surface area is 53.0 Å². The van der Waals surface area contributed by atoms with E-state index < -0.39 is 0 Å². The van der Waals surface area contributed by atoms with E-state index in [9.17, 15) is 0 Å². The molecule has 3 heteroatoms. The maximum absolute atomic E-state index is 4.06. The SMILES string of the molecule is C1=Cn2ncnc2CC1. The van der Waals surface area contributed by atoms with Crippen molar-refractivity contribution in [1.29, 1.82) is 0 Å². The van der Waals surface area contributed by atoms with Crippen molar-refractivity contribution in [2.45, 2.75) is 12.8 Å². The monoisotopic (exact) mass is 121 g/mol. The van der Waals surface area contributed by atoms with E-state index in [2.05, 4.69) is 16.2 Å². The van der Waals surface area contributed by atoms with Crippen molar-refractivity contribution in [2.75, 3.05) is 0 Å². The maximum Gasteiger partial charge on any atom is 0.138 e. The van der Waals surface area contributed by atoms with Crippen molar-refractivity contribution in [2.24, 2.45) is 0 Å². The van der Waals surface area contributed by atoms with Crippen molar-refractivity contribution in [3.05, 3.63) is 18.2 Å². The summed E-state index contributed by atoms with van der Waals surface area (Å²) in [6.07, 6.45) is 7.76. The molecule has 0 unspecified atom stereocenters. The van der Waals surface area contributed by atoms with Gasteiger partial charge in [0.2, 0.25) is 0 Å². The number of hydrogen-bond donors (Lipinski definition) is 0. The topological polar surface area (TPSA) is 30.7 Å². The predicted octanol–water partition coefficient (Wildman–Crippen LogP) is 0.695. The van der Waals surface area contributed by atoms with E-state index in [0.29, 0.717) is 0 Å². The van der Waals surface area contributed by atoms with Crippen molar-refractivity contribution in [3.8, 4) is 0 Å². The van der Waals surface area contributed by atoms with Crippen LogP contribution in [0.2, 0.25) is 0 Å². The molecule has 2 rings (SSSR count). The van der Waals surface area contributed by atoms with Gasteiger partial charge < -0.3 is 0 Å². The van der Waals surface area contributed by atoms with Gasteiger partial charge in [-0.1, -0.05) is 6.08 Å². The van der Waals surface area contributed by atoms with Gasteiger partial charge >= 0.3 is 0 Å². The van der Waals surface area contributed by atoms with Gasteiger partial charge in [-0.05, 0) is 6.42 Å². The average molecular weight is 121 g/mol. The fraction of sp³-hybridized carbons (Fsp3) is 0.333. The fourth-order valence-corrected chi connectivity index (χ4v) is 0.964. The van der Waals surface area contributed by atoms with Crippen LogP contribution in [0, 0.1) is 0 Å². The molecule has 0 amide bonds. The summed E-state index contributed by atoms with van der Waals surface area (Å²) in [5, 5.41) is 3.98. The largest absolute Gasteiger partial charge is 0.225 e. The van der Waals surface area contributed by atoms with Crippen LogP contribution in [0.1, 0.15) is 12.2 Å². The van der Waals surface area contributed by atoms with Crippen LogP contribution in [0.5, 0.6) is 0 Å². The molecule has 0 N–H and O–H groups in total. The Balaban J connectivity index is 2.53. The molecule has 0 aromatic carbocycles. The first kappa shape index (κ1) is 4.73. The van der Waals surface area contributed by atoms with E-state index in [4.69, 9.17) is 0 Å². The van der Waals surface area contributed by atoms with Crippen LogP contribution in [-0.4, -0.2) is 14.8 Å². The van der Waals surface area contributed by atoms with Gasteiger partial charge in [-0.2, -0.15) is 5.10 Å². The lowest BCUT2D eigenvalue weighted by Gasteiger charge is -2.02. The van der Waals surface area contributed by atoms with Crippen molar-refractivity contribution < 1.29 is 0 Å². The van der Waals surface area contributed by atoms with Gasteiger partial charge in [-0.25, -0.2) is 9.67 Å². The Kier molecular flexibility index (Phi) is 0.886. The minimum absolute atomic E-state index is 1.02. The Hall–Kier alpha value is -1.12. The van der Waals surface area contributed by atoms with Gasteiger partial charge in [0.15, 0.2) is 0 Å². The Morgan fingerprint density at radius 3 is 3.44 bits per heavy atom. The first-order valence-corrected chi connectivity index (χ1v) is 3.02. The third-order valence-electron chi connectivity index (χ3n) is 1.43. The molecule has 0 fully saturated rings. The summed E-state index contributed by atoms with van der Waals surface area (Å²) in [6.45, 7) is 0. The Morgan fingerprint density at radius 2 is 2.56 bits per heavy atom. The molecule has 0 atom stereocenters. The second-order valence-corrected chi connectivity index (χ2v) is 2.04. The molecule has 0 aliphatic carbocycles. The fourth-order valence-electron chi connectivity index (χ4n) is 0.964. The van der Waals surface area contributed by atoms with Crippen LogP contribution >= 0.6 is 0 Å². The molecule has 9 heavy (non-hydrogen) atoms. The number of aromatic nitrogens is 3. The minimum Gasteiger partial charge on any atom is -0.225 e. The van der Waals surface area contributed by atoms with Gasteiger partial charge in [0, 0.05) is 12.6 Å². The maximum atomic E-state index is 4.06. The summed E-state index contributed by atoms with van der Waals surface area (Å²) in [7, 11) is 0. The highest BCUT2D eigenvalue weighted by Crippen LogP contribution is 2.05. The summed E-state index contributed by atoms with van der Waals surface area (Å²) >= 11 is 0. The van der Waals surface area contributed by atoms with Crippen LogP contribution in [0.15, 0.2) is 12.4 Å². The molecular formula is C6H7N3. The van der Waals surface area contributed by atoms with Gasteiger partial charge in [-0.15, -0.1) is 0 Å². The molecule has 2 heterocycles. The zero-order valence-corrected chi connectivity index (χ0v) is 4.99. The number of aryl methyl sites for hydroxylation is 1. The van der Waals surface area contributed by atoms with E-state index >= 15 is 0 Å². The number of hydrogen-bond acceptors (Lipinski definition) is 2. The molecule has 46 valence electrons. The molecule has 0 saturated heterocycles. The van der Waals surface area contributed by atoms with E-state index in [0.717, 1.165) is 18.7 Å². The van der Waals surface area contributed by atoms with Crippen LogP contribution in [0.4, 0.5) is 0 Å². The lowest BCUT2D eigenvalue weighted by molar-refractivity contribution is 0.782. The van der Waals surface area contributed by atoms with Gasteiger partial charge in [-0.3, -0.25) is 0 Å². The van der Waals surface area contributed by atoms with Crippen LogP contribution in [0.25, 0.3) is 6.20 Å². The lowest BCUT2D eigenvalue weighted by atomic mass is 10.2. The highest BCUT2D eigenvalue weighted by atomic mass is 15.3. The summed E-state index contributed by atoms with van der Waals surface area (Å²) in [6, 6.07) is 0. The van der Waals surface area contributed by atoms with Crippen molar-refractivity contribution in [3.63, 3.8) is 0 Å². The van der Waals surface area contributed by atoms with E-state index in [1.165, 1.54) is 0 Å². The third-order valence-corrected chi connectivity index (χ3v) is 1.43. The summed E-state index contributed by atoms with van der Waals surface area (Å²) in [4.78, 5) is 4.06.